The third kappa shape index (κ3) is 7.75. The molecule has 0 bridgehead atoms. The Morgan fingerprint density at radius 3 is 2.26 bits per heavy atom. The molecule has 0 aromatic rings. The molecule has 6 atom stereocenters. The minimum Gasteiger partial charge on any atom is -0.356 e. The summed E-state index contributed by atoms with van der Waals surface area (Å²) >= 11 is 0. The van der Waals surface area contributed by atoms with Crippen LogP contribution in [0, 0.1) is 23.2 Å². The molecule has 3 rings (SSSR count). The van der Waals surface area contributed by atoms with Gasteiger partial charge in [-0.15, -0.1) is 0 Å². The number of amides is 4. The van der Waals surface area contributed by atoms with Crippen molar-refractivity contribution in [3.63, 3.8) is 0 Å². The van der Waals surface area contributed by atoms with E-state index in [0.717, 1.165) is 4.90 Å². The number of hydrogen-bond acceptors (Lipinski definition) is 6. The summed E-state index contributed by atoms with van der Waals surface area (Å²) < 4.78 is 106. The van der Waals surface area contributed by atoms with Crippen molar-refractivity contribution in [1.29, 1.82) is 0 Å². The highest BCUT2D eigenvalue weighted by molar-refractivity contribution is 7.94. The van der Waals surface area contributed by atoms with Gasteiger partial charge in [0.2, 0.25) is 38.6 Å². The topological polar surface area (TPSA) is 142 Å². The number of likely N-dealkylation sites (tertiary alicyclic amines) is 1. The van der Waals surface area contributed by atoms with E-state index >= 15 is 0 Å². The average molecular weight is 633 g/mol. The molecule has 0 aromatic carbocycles. The monoisotopic (exact) mass is 632 g/mol. The van der Waals surface area contributed by atoms with E-state index in [-0.39, 0.29) is 19.4 Å². The number of sulfone groups is 1. The van der Waals surface area contributed by atoms with Gasteiger partial charge in [-0.1, -0.05) is 20.8 Å². The minimum absolute atomic E-state index is 0.252. The van der Waals surface area contributed by atoms with E-state index in [4.69, 9.17) is 0 Å². The van der Waals surface area contributed by atoms with Gasteiger partial charge in [-0.3, -0.25) is 19.2 Å². The lowest BCUT2D eigenvalue weighted by atomic mass is 9.85. The van der Waals surface area contributed by atoms with Crippen molar-refractivity contribution in [2.24, 2.45) is 23.2 Å². The van der Waals surface area contributed by atoms with E-state index in [9.17, 15) is 53.9 Å². The maximum atomic E-state index is 14.5. The SMILES string of the molecule is CC(C)(C)[C@H](NC(=O)C(F)(F)F)C(=O)N1C[C@H]2CC(F)(F)C[C@H]2[C@@H]1C(=O)N[C@H](/C=C(\F)S(C)(=O)=O)C[C@@H]1CCNC1=O. The number of carbonyl (C=O) groups excluding carboxylic acids is 4. The first-order valence-corrected chi connectivity index (χ1v) is 15.1. The third-order valence-electron chi connectivity index (χ3n) is 7.79. The molecule has 17 heteroatoms. The van der Waals surface area contributed by atoms with Crippen molar-refractivity contribution in [2.75, 3.05) is 19.3 Å². The quantitative estimate of drug-likeness (QED) is 0.349. The predicted molar refractivity (Wildman–Crippen MR) is 136 cm³/mol. The summed E-state index contributed by atoms with van der Waals surface area (Å²) in [6.45, 7) is 3.97. The van der Waals surface area contributed by atoms with Crippen molar-refractivity contribution in [3.8, 4) is 0 Å². The first-order chi connectivity index (χ1) is 19.0. The van der Waals surface area contributed by atoms with Crippen molar-refractivity contribution >= 4 is 33.5 Å². The summed E-state index contributed by atoms with van der Waals surface area (Å²) in [7, 11) is -4.36. The number of alkyl halides is 5. The van der Waals surface area contributed by atoms with Crippen molar-refractivity contribution < 1.29 is 53.9 Å². The van der Waals surface area contributed by atoms with E-state index in [1.54, 1.807) is 5.32 Å². The summed E-state index contributed by atoms with van der Waals surface area (Å²) in [5.41, 5.74) is -1.31. The Labute approximate surface area is 238 Å². The van der Waals surface area contributed by atoms with Gasteiger partial charge in [0.1, 0.15) is 12.1 Å². The Morgan fingerprint density at radius 1 is 1.14 bits per heavy atom. The van der Waals surface area contributed by atoms with Crippen LogP contribution >= 0.6 is 0 Å². The van der Waals surface area contributed by atoms with Crippen LogP contribution in [0.4, 0.5) is 26.3 Å². The molecule has 42 heavy (non-hydrogen) atoms. The lowest BCUT2D eigenvalue weighted by Gasteiger charge is -2.37. The lowest BCUT2D eigenvalue weighted by Crippen LogP contribution is -2.60. The Bertz CT molecular complexity index is 1250. The molecular formula is C25H34F6N4O6S. The molecule has 1 aliphatic carbocycles. The molecule has 0 spiro atoms. The van der Waals surface area contributed by atoms with Gasteiger partial charge in [0.05, 0.1) is 6.04 Å². The zero-order valence-electron chi connectivity index (χ0n) is 23.4. The van der Waals surface area contributed by atoms with E-state index in [2.05, 4.69) is 10.6 Å². The summed E-state index contributed by atoms with van der Waals surface area (Å²) in [6, 6.07) is -4.87. The smallest absolute Gasteiger partial charge is 0.356 e. The van der Waals surface area contributed by atoms with Crippen LogP contribution in [0.5, 0.6) is 0 Å². The van der Waals surface area contributed by atoms with Gasteiger partial charge in [-0.2, -0.15) is 17.6 Å². The number of rotatable bonds is 8. The second kappa shape index (κ2) is 11.7. The Balaban J connectivity index is 1.97. The first-order valence-electron chi connectivity index (χ1n) is 13.2. The largest absolute Gasteiger partial charge is 0.471 e. The third-order valence-corrected chi connectivity index (χ3v) is 8.63. The highest BCUT2D eigenvalue weighted by atomic mass is 32.2. The van der Waals surface area contributed by atoms with Crippen LogP contribution in [0.25, 0.3) is 0 Å². The Hall–Kier alpha value is -2.85. The standard InChI is InChI=1S/C25H34F6N4O6S/c1-23(2,3)18(34-22(39)25(29,30)31)21(38)35-11-13-9-24(27,28)10-15(13)17(35)20(37)33-14(8-16(26)42(4,40)41)7-12-5-6-32-19(12)36/h8,12-15,17-18H,5-7,9-11H2,1-4H3,(H,32,36)(H,33,37)(H,34,39)/b16-8+/t12-,13+,14-,15+,17+,18+/m0/s1. The lowest BCUT2D eigenvalue weighted by molar-refractivity contribution is -0.176. The van der Waals surface area contributed by atoms with Crippen LogP contribution in [0.15, 0.2) is 11.2 Å². The fourth-order valence-corrected chi connectivity index (χ4v) is 6.19. The molecular weight excluding hydrogens is 598 g/mol. The van der Waals surface area contributed by atoms with Crippen molar-refractivity contribution in [1.82, 2.24) is 20.9 Å². The molecule has 2 saturated heterocycles. The maximum absolute atomic E-state index is 14.5. The van der Waals surface area contributed by atoms with Crippen molar-refractivity contribution in [2.45, 2.75) is 76.7 Å². The number of fused-ring (bicyclic) bond motifs is 1. The molecule has 1 saturated carbocycles. The predicted octanol–water partition coefficient (Wildman–Crippen LogP) is 1.82. The van der Waals surface area contributed by atoms with Crippen LogP contribution in [-0.4, -0.2) is 86.5 Å². The molecule has 3 fully saturated rings. The molecule has 0 aromatic heterocycles. The van der Waals surface area contributed by atoms with Gasteiger partial charge in [-0.05, 0) is 36.2 Å². The minimum atomic E-state index is -5.33. The van der Waals surface area contributed by atoms with Crippen LogP contribution in [0.1, 0.15) is 46.5 Å². The van der Waals surface area contributed by atoms with E-state index in [1.807, 2.05) is 0 Å². The van der Waals surface area contributed by atoms with Crippen molar-refractivity contribution in [3.05, 3.63) is 11.2 Å². The van der Waals surface area contributed by atoms with Crippen LogP contribution in [-0.2, 0) is 29.0 Å². The highest BCUT2D eigenvalue weighted by Crippen LogP contribution is 2.50. The Morgan fingerprint density at radius 2 is 1.76 bits per heavy atom. The van der Waals surface area contributed by atoms with E-state index in [1.165, 1.54) is 20.8 Å². The zero-order chi connectivity index (χ0) is 32.0. The molecule has 10 nitrogen and oxygen atoms in total. The number of carbonyl (C=O) groups is 4. The second-order valence-corrected chi connectivity index (χ2v) is 14.2. The number of nitrogens with one attached hydrogen (secondary N) is 3. The second-order valence-electron chi connectivity index (χ2n) is 12.3. The molecule has 0 unspecified atom stereocenters. The van der Waals surface area contributed by atoms with E-state index < -0.39 is 111 Å². The Kier molecular flexibility index (Phi) is 9.36. The molecule has 2 aliphatic heterocycles. The summed E-state index contributed by atoms with van der Waals surface area (Å²) in [5, 5.41) is 4.95. The maximum Gasteiger partial charge on any atom is 0.471 e. The summed E-state index contributed by atoms with van der Waals surface area (Å²) in [6.07, 6.45) is -5.67. The van der Waals surface area contributed by atoms with Gasteiger partial charge in [0, 0.05) is 38.1 Å². The summed E-state index contributed by atoms with van der Waals surface area (Å²) in [5.74, 6) is -11.0. The first kappa shape index (κ1) is 33.6. The normalized spacial score (nSPS) is 27.7. The van der Waals surface area contributed by atoms with Crippen LogP contribution in [0.3, 0.4) is 0 Å². The number of halogens is 6. The fraction of sp³-hybridized carbons (Fsp3) is 0.760. The van der Waals surface area contributed by atoms with Gasteiger partial charge in [0.25, 0.3) is 0 Å². The molecule has 0 radical (unpaired) electrons. The molecule has 238 valence electrons. The van der Waals surface area contributed by atoms with Crippen LogP contribution < -0.4 is 16.0 Å². The fourth-order valence-electron chi connectivity index (χ4n) is 5.78. The van der Waals surface area contributed by atoms with Gasteiger partial charge in [0.15, 0.2) is 0 Å². The van der Waals surface area contributed by atoms with Crippen LogP contribution in [0.2, 0.25) is 0 Å². The summed E-state index contributed by atoms with van der Waals surface area (Å²) in [4.78, 5) is 52.0. The number of hydrogen-bond donors (Lipinski definition) is 3. The molecule has 3 aliphatic rings. The molecule has 2 heterocycles. The number of nitrogens with zero attached hydrogens (tertiary/aromatic N) is 1. The van der Waals surface area contributed by atoms with E-state index in [0.29, 0.717) is 12.3 Å². The average Bonchev–Trinajstić information content (AvgIpc) is 3.45. The zero-order valence-corrected chi connectivity index (χ0v) is 24.2. The molecule has 3 N–H and O–H groups in total. The van der Waals surface area contributed by atoms with Gasteiger partial charge >= 0.3 is 12.1 Å². The van der Waals surface area contributed by atoms with Gasteiger partial charge in [-0.25, -0.2) is 17.2 Å². The molecule has 4 amide bonds. The van der Waals surface area contributed by atoms with Gasteiger partial charge < -0.3 is 20.9 Å². The highest BCUT2D eigenvalue weighted by Gasteiger charge is 2.59.